The monoisotopic (exact) mass is 251 g/mol. The van der Waals surface area contributed by atoms with Crippen LogP contribution in [0.5, 0.6) is 0 Å². The summed E-state index contributed by atoms with van der Waals surface area (Å²) >= 11 is 0. The first-order chi connectivity index (χ1) is 8.60. The summed E-state index contributed by atoms with van der Waals surface area (Å²) in [5.41, 5.74) is 2.94. The Morgan fingerprint density at radius 2 is 2.00 bits per heavy atom. The fraction of sp³-hybridized carbons (Fsp3) is 0.500. The van der Waals surface area contributed by atoms with Crippen LogP contribution in [-0.2, 0) is 6.42 Å². The van der Waals surface area contributed by atoms with E-state index < -0.39 is 0 Å². The summed E-state index contributed by atoms with van der Waals surface area (Å²) in [5.74, 6) is 5.74. The molecule has 0 unspecified atom stereocenters. The summed E-state index contributed by atoms with van der Waals surface area (Å²) in [4.78, 5) is 11.4. The van der Waals surface area contributed by atoms with Gasteiger partial charge in [0.25, 0.3) is 0 Å². The highest BCUT2D eigenvalue weighted by Crippen LogP contribution is 2.20. The highest BCUT2D eigenvalue weighted by molar-refractivity contribution is 5.91. The van der Waals surface area contributed by atoms with Crippen LogP contribution in [0.1, 0.15) is 38.3 Å². The molecule has 0 atom stereocenters. The summed E-state index contributed by atoms with van der Waals surface area (Å²) in [6.07, 6.45) is 2.07. The average Bonchev–Trinajstić information content (AvgIpc) is 2.41. The normalized spacial score (nSPS) is 9.22. The molecule has 4 nitrogen and oxygen atoms in total. The summed E-state index contributed by atoms with van der Waals surface area (Å²) < 4.78 is 0. The molecule has 0 aromatic heterocycles. The van der Waals surface area contributed by atoms with Gasteiger partial charge in [-0.25, -0.2) is 15.6 Å². The average molecular weight is 251 g/mol. The zero-order valence-electron chi connectivity index (χ0n) is 12.1. The van der Waals surface area contributed by atoms with Gasteiger partial charge >= 0.3 is 6.03 Å². The van der Waals surface area contributed by atoms with E-state index in [1.54, 1.807) is 7.05 Å². The Balaban J connectivity index is 0.00000137. The van der Waals surface area contributed by atoms with Crippen LogP contribution in [0.25, 0.3) is 0 Å². The Hall–Kier alpha value is -1.55. The van der Waals surface area contributed by atoms with Crippen molar-refractivity contribution in [1.82, 2.24) is 5.32 Å². The lowest BCUT2D eigenvalue weighted by molar-refractivity contribution is 0.248. The number of hydrazine groups is 1. The van der Waals surface area contributed by atoms with Crippen LogP contribution in [-0.4, -0.2) is 13.1 Å². The third-order valence-corrected chi connectivity index (χ3v) is 2.50. The molecule has 4 heteroatoms. The maximum atomic E-state index is 11.4. The van der Waals surface area contributed by atoms with E-state index in [4.69, 9.17) is 5.84 Å². The Morgan fingerprint density at radius 1 is 1.39 bits per heavy atom. The first-order valence-electron chi connectivity index (χ1n) is 6.46. The van der Waals surface area contributed by atoms with Crippen molar-refractivity contribution in [2.24, 2.45) is 5.84 Å². The number of rotatable bonds is 3. The molecular weight excluding hydrogens is 226 g/mol. The van der Waals surface area contributed by atoms with Crippen LogP contribution in [0, 0.1) is 6.92 Å². The molecule has 102 valence electrons. The fourth-order valence-corrected chi connectivity index (χ4v) is 1.59. The molecule has 0 bridgehead atoms. The van der Waals surface area contributed by atoms with Crippen LogP contribution in [0.15, 0.2) is 18.2 Å². The number of aryl methyl sites for hydroxylation is 2. The van der Waals surface area contributed by atoms with Crippen molar-refractivity contribution in [2.45, 2.75) is 40.5 Å². The number of nitrogens with one attached hydrogen (secondary N) is 1. The summed E-state index contributed by atoms with van der Waals surface area (Å²) in [7, 11) is 1.56. The molecule has 0 spiro atoms. The lowest BCUT2D eigenvalue weighted by atomic mass is 10.1. The van der Waals surface area contributed by atoms with Gasteiger partial charge in [0.1, 0.15) is 0 Å². The highest BCUT2D eigenvalue weighted by Gasteiger charge is 2.12. The molecule has 0 saturated carbocycles. The first-order valence-corrected chi connectivity index (χ1v) is 6.46. The number of carbonyl (C=O) groups is 1. The van der Waals surface area contributed by atoms with E-state index in [1.165, 1.54) is 5.56 Å². The van der Waals surface area contributed by atoms with E-state index in [-0.39, 0.29) is 6.03 Å². The van der Waals surface area contributed by atoms with Gasteiger partial charge in [-0.05, 0) is 30.5 Å². The smallest absolute Gasteiger partial charge is 0.336 e. The summed E-state index contributed by atoms with van der Waals surface area (Å²) in [6.45, 7) is 8.06. The quantitative estimate of drug-likeness (QED) is 0.493. The molecule has 18 heavy (non-hydrogen) atoms. The molecule has 2 amide bonds. The number of hydrogen-bond acceptors (Lipinski definition) is 2. The van der Waals surface area contributed by atoms with Crippen molar-refractivity contribution < 1.29 is 4.79 Å². The predicted octanol–water partition coefficient (Wildman–Crippen LogP) is 2.99. The zero-order chi connectivity index (χ0) is 14.1. The minimum absolute atomic E-state index is 0.309. The van der Waals surface area contributed by atoms with Gasteiger partial charge < -0.3 is 5.32 Å². The molecule has 1 rings (SSSR count). The van der Waals surface area contributed by atoms with Crippen molar-refractivity contribution in [2.75, 3.05) is 12.1 Å². The second-order valence-corrected chi connectivity index (χ2v) is 3.80. The molecule has 0 aliphatic heterocycles. The molecule has 0 aliphatic carbocycles. The van der Waals surface area contributed by atoms with Gasteiger partial charge in [-0.15, -0.1) is 0 Å². The van der Waals surface area contributed by atoms with E-state index >= 15 is 0 Å². The van der Waals surface area contributed by atoms with Gasteiger partial charge in [0.15, 0.2) is 0 Å². The Kier molecular flexibility index (Phi) is 7.79. The lowest BCUT2D eigenvalue weighted by Crippen LogP contribution is -2.43. The van der Waals surface area contributed by atoms with E-state index in [0.29, 0.717) is 0 Å². The van der Waals surface area contributed by atoms with Gasteiger partial charge in [0.05, 0.1) is 5.69 Å². The second-order valence-electron chi connectivity index (χ2n) is 3.80. The number of nitrogens with zero attached hydrogens (tertiary/aromatic N) is 1. The van der Waals surface area contributed by atoms with Crippen LogP contribution >= 0.6 is 0 Å². The van der Waals surface area contributed by atoms with Gasteiger partial charge in [-0.2, -0.15) is 0 Å². The number of benzene rings is 1. The molecule has 1 aromatic carbocycles. The molecular formula is C14H25N3O. The number of amides is 2. The molecule has 0 aliphatic rings. The number of urea groups is 1. The third-order valence-electron chi connectivity index (χ3n) is 2.50. The van der Waals surface area contributed by atoms with E-state index in [9.17, 15) is 4.79 Å². The maximum absolute atomic E-state index is 11.4. The topological polar surface area (TPSA) is 58.4 Å². The number of hydrogen-bond donors (Lipinski definition) is 2. The van der Waals surface area contributed by atoms with Gasteiger partial charge in [-0.1, -0.05) is 39.3 Å². The number of carbonyl (C=O) groups excluding carboxylic acids is 1. The van der Waals surface area contributed by atoms with Crippen molar-refractivity contribution in [3.05, 3.63) is 29.3 Å². The Bertz CT molecular complexity index is 377. The number of anilines is 1. The molecule has 3 N–H and O–H groups in total. The molecule has 0 radical (unpaired) electrons. The Labute approximate surface area is 110 Å². The van der Waals surface area contributed by atoms with E-state index in [2.05, 4.69) is 18.3 Å². The van der Waals surface area contributed by atoms with Crippen LogP contribution in [0.4, 0.5) is 10.5 Å². The van der Waals surface area contributed by atoms with Gasteiger partial charge in [-0.3, -0.25) is 0 Å². The van der Waals surface area contributed by atoms with Crippen molar-refractivity contribution >= 4 is 11.7 Å². The molecule has 0 saturated heterocycles. The molecule has 1 aromatic rings. The largest absolute Gasteiger partial charge is 0.340 e. The zero-order valence-corrected chi connectivity index (χ0v) is 12.1. The standard InChI is InChI=1S/C12H19N3O.C2H6/c1-4-5-10-7-6-9(2)11(8-10)15(13)12(16)14-3;1-2/h6-8H,4-5,13H2,1-3H3,(H,14,16);1-2H3. The Morgan fingerprint density at radius 3 is 2.50 bits per heavy atom. The van der Waals surface area contributed by atoms with Crippen molar-refractivity contribution in [3.63, 3.8) is 0 Å². The fourth-order valence-electron chi connectivity index (χ4n) is 1.59. The van der Waals surface area contributed by atoms with Gasteiger partial charge in [0, 0.05) is 7.05 Å². The molecule has 0 fully saturated rings. The lowest BCUT2D eigenvalue weighted by Gasteiger charge is -2.19. The minimum Gasteiger partial charge on any atom is -0.340 e. The van der Waals surface area contributed by atoms with E-state index in [0.717, 1.165) is 29.1 Å². The second kappa shape index (κ2) is 8.53. The van der Waals surface area contributed by atoms with Crippen LogP contribution < -0.4 is 16.2 Å². The predicted molar refractivity (Wildman–Crippen MR) is 77.6 cm³/mol. The minimum atomic E-state index is -0.309. The first kappa shape index (κ1) is 16.4. The van der Waals surface area contributed by atoms with Crippen molar-refractivity contribution in [1.29, 1.82) is 0 Å². The SMILES string of the molecule is CC.CCCc1ccc(C)c(N(N)C(=O)NC)c1. The summed E-state index contributed by atoms with van der Waals surface area (Å²) in [5, 5.41) is 3.65. The van der Waals surface area contributed by atoms with E-state index in [1.807, 2.05) is 32.9 Å². The van der Waals surface area contributed by atoms with Crippen LogP contribution in [0.2, 0.25) is 0 Å². The maximum Gasteiger partial charge on any atom is 0.336 e. The molecule has 0 heterocycles. The number of nitrogens with two attached hydrogens (primary N) is 1. The third kappa shape index (κ3) is 4.37. The van der Waals surface area contributed by atoms with Gasteiger partial charge in [0.2, 0.25) is 0 Å². The van der Waals surface area contributed by atoms with Crippen molar-refractivity contribution in [3.8, 4) is 0 Å². The van der Waals surface area contributed by atoms with Crippen LogP contribution in [0.3, 0.4) is 0 Å². The summed E-state index contributed by atoms with van der Waals surface area (Å²) in [6, 6.07) is 5.72. The highest BCUT2D eigenvalue weighted by atomic mass is 16.2.